The number of H-pyrrole nitrogens is 1. The molecule has 1 amide bonds. The number of sulfonamides is 1. The number of nitro benzene ring substituents is 1. The Hall–Kier alpha value is -6.99. The minimum atomic E-state index is -4.60. The van der Waals surface area contributed by atoms with Gasteiger partial charge in [0.25, 0.3) is 21.6 Å². The number of ether oxygens (including phenoxy) is 3. The van der Waals surface area contributed by atoms with Gasteiger partial charge in [-0.2, -0.15) is 0 Å². The van der Waals surface area contributed by atoms with Crippen molar-refractivity contribution in [2.24, 2.45) is 11.3 Å². The molecular formula is C60H70N8O9S. The molecule has 1 atom stereocenters. The van der Waals surface area contributed by atoms with Crippen molar-refractivity contribution < 1.29 is 37.5 Å². The van der Waals surface area contributed by atoms with E-state index < -0.39 is 42.6 Å². The van der Waals surface area contributed by atoms with E-state index in [2.05, 4.69) is 97.1 Å². The Labute approximate surface area is 456 Å². The van der Waals surface area contributed by atoms with Gasteiger partial charge in [-0.1, -0.05) is 44.2 Å². The van der Waals surface area contributed by atoms with E-state index in [1.807, 2.05) is 32.9 Å². The van der Waals surface area contributed by atoms with E-state index in [1.54, 1.807) is 31.5 Å². The first-order valence-electron chi connectivity index (χ1n) is 27.2. The van der Waals surface area contributed by atoms with Crippen molar-refractivity contribution in [1.82, 2.24) is 24.5 Å². The Morgan fingerprint density at radius 2 is 1.77 bits per heavy atom. The lowest BCUT2D eigenvalue weighted by molar-refractivity contribution is -0.384. The molecule has 2 aromatic heterocycles. The maximum absolute atomic E-state index is 14.1. The van der Waals surface area contributed by atoms with Gasteiger partial charge >= 0.3 is 0 Å². The predicted molar refractivity (Wildman–Crippen MR) is 301 cm³/mol. The molecule has 1 spiro atoms. The van der Waals surface area contributed by atoms with E-state index >= 15 is 0 Å². The second-order valence-corrected chi connectivity index (χ2v) is 25.2. The number of pyridine rings is 1. The molecule has 18 heteroatoms. The molecule has 4 aromatic carbocycles. The first kappa shape index (κ1) is 53.0. The van der Waals surface area contributed by atoms with Gasteiger partial charge < -0.3 is 34.5 Å². The van der Waals surface area contributed by atoms with Crippen LogP contribution in [0.4, 0.5) is 17.1 Å². The van der Waals surface area contributed by atoms with Gasteiger partial charge in [-0.3, -0.25) is 24.7 Å². The highest BCUT2D eigenvalue weighted by molar-refractivity contribution is 7.90. The van der Waals surface area contributed by atoms with E-state index in [4.69, 9.17) is 14.2 Å². The van der Waals surface area contributed by atoms with Gasteiger partial charge in [-0.15, -0.1) is 0 Å². The quantitative estimate of drug-likeness (QED) is 0.0526. The standard InChI is InChI=1S/C60H70N8O9S/c1-38(2)47-9-7-8-10-48(47)52-35-65(34-40-25-41-17-19-58(3,4)77-55(41)54(26-40)75-6)23-24-67(52)44-30-60(31-44)36-66(37-60)43-11-13-49(53(28-43)76-45-27-42-18-22-61-56(42)63-33-45)57(69)64-78(73,74)46-12-14-50(51(29-46)68(71)72)62-32-39-15-20-59(5,70)21-16-39/h7-14,17-19,22,25-29,33,38-39,44,52,62,70H,15-16,20-21,23-24,30-32,34-37H2,1-6H3,(H,61,63)(H,64,69)/t39-,52-,59-/m0/s1. The second kappa shape index (κ2) is 20.7. The zero-order valence-electron chi connectivity index (χ0n) is 45.3. The van der Waals surface area contributed by atoms with Crippen molar-refractivity contribution >= 4 is 50.1 Å². The third-order valence-corrected chi connectivity index (χ3v) is 18.1. The largest absolute Gasteiger partial charge is 0.493 e. The third kappa shape index (κ3) is 10.9. The molecule has 0 bridgehead atoms. The Kier molecular flexibility index (Phi) is 14.1. The number of carbonyl (C=O) groups excluding carboxylic acids is 1. The molecule has 78 heavy (non-hydrogen) atoms. The molecule has 17 nitrogen and oxygen atoms in total. The SMILES string of the molecule is COc1cc(CN2CCN(C3CC4(C3)CN(c3ccc(C(=O)NS(=O)(=O)c5ccc(NC[C@H]6CC[C@](C)(O)CC6)c([N+](=O)[O-])c5)c(Oc5cnc6[nH]ccc6c5)c3)C4)[C@H](c3ccccc3C(C)C)C2)cc2c1OC(C)(C)C=C2. The number of benzene rings is 4. The summed E-state index contributed by atoms with van der Waals surface area (Å²) < 4.78 is 48.5. The van der Waals surface area contributed by atoms with Crippen LogP contribution in [0.15, 0.2) is 108 Å². The predicted octanol–water partition coefficient (Wildman–Crippen LogP) is 10.6. The van der Waals surface area contributed by atoms with Crippen molar-refractivity contribution in [1.29, 1.82) is 0 Å². The van der Waals surface area contributed by atoms with E-state index in [1.165, 1.54) is 35.0 Å². The summed E-state index contributed by atoms with van der Waals surface area (Å²) in [6.45, 7) is 16.1. The van der Waals surface area contributed by atoms with Crippen LogP contribution in [-0.2, 0) is 16.6 Å². The Balaban J connectivity index is 0.789. The van der Waals surface area contributed by atoms with Gasteiger partial charge in [-0.05, 0) is 142 Å². The number of aromatic amines is 1. The Morgan fingerprint density at radius 3 is 2.53 bits per heavy atom. The number of methoxy groups -OCH3 is 1. The smallest absolute Gasteiger partial charge is 0.293 e. The average molecular weight is 1080 g/mol. The van der Waals surface area contributed by atoms with E-state index in [-0.39, 0.29) is 34.4 Å². The summed E-state index contributed by atoms with van der Waals surface area (Å²) in [5.74, 6) is 1.63. The maximum atomic E-state index is 14.1. The molecule has 4 fully saturated rings. The lowest BCUT2D eigenvalue weighted by Crippen LogP contribution is -2.68. The highest BCUT2D eigenvalue weighted by atomic mass is 32.2. The molecule has 6 aromatic rings. The fourth-order valence-electron chi connectivity index (χ4n) is 12.5. The first-order chi connectivity index (χ1) is 37.2. The Morgan fingerprint density at radius 1 is 0.987 bits per heavy atom. The Bertz CT molecular complexity index is 3400. The second-order valence-electron chi connectivity index (χ2n) is 23.5. The number of hydrogen-bond donors (Lipinski definition) is 4. The first-order valence-corrected chi connectivity index (χ1v) is 28.7. The maximum Gasteiger partial charge on any atom is 0.293 e. The lowest BCUT2D eigenvalue weighted by Gasteiger charge is -2.63. The summed E-state index contributed by atoms with van der Waals surface area (Å²) >= 11 is 0. The summed E-state index contributed by atoms with van der Waals surface area (Å²) in [4.78, 5) is 40.5. The number of hydrogen-bond acceptors (Lipinski definition) is 14. The summed E-state index contributed by atoms with van der Waals surface area (Å²) in [6, 6.07) is 26.2. The number of fused-ring (bicyclic) bond motifs is 2. The monoisotopic (exact) mass is 1080 g/mol. The van der Waals surface area contributed by atoms with Crippen LogP contribution in [-0.4, -0.2) is 108 Å². The minimum absolute atomic E-state index is 0.0396. The van der Waals surface area contributed by atoms with E-state index in [9.17, 15) is 28.4 Å². The molecular weight excluding hydrogens is 1010 g/mol. The van der Waals surface area contributed by atoms with Gasteiger partial charge in [0.05, 0.1) is 34.3 Å². The van der Waals surface area contributed by atoms with Gasteiger partial charge in [0.15, 0.2) is 11.5 Å². The molecule has 2 aliphatic carbocycles. The zero-order valence-corrected chi connectivity index (χ0v) is 46.1. The minimum Gasteiger partial charge on any atom is -0.493 e. The molecule has 11 rings (SSSR count). The van der Waals surface area contributed by atoms with Crippen LogP contribution >= 0.6 is 0 Å². The van der Waals surface area contributed by atoms with Gasteiger partial charge in [0.2, 0.25) is 0 Å². The fraction of sp³-hybridized carbons (Fsp3) is 0.433. The molecule has 4 N–H and O–H groups in total. The van der Waals surface area contributed by atoms with Crippen LogP contribution in [0.25, 0.3) is 17.1 Å². The number of piperazine rings is 1. The van der Waals surface area contributed by atoms with Crippen molar-refractivity contribution in [3.05, 3.63) is 141 Å². The van der Waals surface area contributed by atoms with Crippen LogP contribution in [0.3, 0.4) is 0 Å². The van der Waals surface area contributed by atoms with Gasteiger partial charge in [-0.25, -0.2) is 18.1 Å². The molecule has 410 valence electrons. The normalized spacial score (nSPS) is 22.1. The molecule has 3 aliphatic heterocycles. The number of aliphatic hydroxyl groups is 1. The summed E-state index contributed by atoms with van der Waals surface area (Å²) in [5.41, 5.74) is 5.16. The number of nitrogens with zero attached hydrogens (tertiary/aromatic N) is 5. The topological polar surface area (TPSA) is 205 Å². The number of aromatic nitrogens is 2. The summed E-state index contributed by atoms with van der Waals surface area (Å²) in [7, 11) is -2.90. The van der Waals surface area contributed by atoms with Crippen molar-refractivity contribution in [2.45, 2.75) is 114 Å². The van der Waals surface area contributed by atoms with Crippen molar-refractivity contribution in [2.75, 3.05) is 56.6 Å². The highest BCUT2D eigenvalue weighted by Gasteiger charge is 2.55. The molecule has 5 heterocycles. The molecule has 2 saturated heterocycles. The number of nitro groups is 1. The zero-order chi connectivity index (χ0) is 54.7. The third-order valence-electron chi connectivity index (χ3n) is 16.8. The number of carbonyl (C=O) groups is 1. The van der Waals surface area contributed by atoms with Crippen LogP contribution in [0.5, 0.6) is 23.0 Å². The summed E-state index contributed by atoms with van der Waals surface area (Å²) in [6.07, 6.45) is 12.4. The number of rotatable bonds is 16. The van der Waals surface area contributed by atoms with Crippen LogP contribution in [0.2, 0.25) is 0 Å². The molecule has 0 unspecified atom stereocenters. The fourth-order valence-corrected chi connectivity index (χ4v) is 13.5. The average Bonchev–Trinajstić information content (AvgIpc) is 4.00. The van der Waals surface area contributed by atoms with Crippen LogP contribution in [0.1, 0.15) is 118 Å². The van der Waals surface area contributed by atoms with Crippen LogP contribution < -0.4 is 29.1 Å². The van der Waals surface area contributed by atoms with Crippen LogP contribution in [0, 0.1) is 21.4 Å². The van der Waals surface area contributed by atoms with E-state index in [0.29, 0.717) is 42.7 Å². The van der Waals surface area contributed by atoms with Gasteiger partial charge in [0.1, 0.15) is 28.4 Å². The van der Waals surface area contributed by atoms with Crippen molar-refractivity contribution in [3.63, 3.8) is 0 Å². The number of nitrogens with one attached hydrogen (secondary N) is 3. The lowest BCUT2D eigenvalue weighted by atomic mass is 9.59. The number of anilines is 2. The highest BCUT2D eigenvalue weighted by Crippen LogP contribution is 2.54. The van der Waals surface area contributed by atoms with Crippen molar-refractivity contribution in [3.8, 4) is 23.0 Å². The molecule has 0 radical (unpaired) electrons. The summed E-state index contributed by atoms with van der Waals surface area (Å²) in [5, 5.41) is 26.5. The molecule has 5 aliphatic rings. The molecule has 2 saturated carbocycles. The van der Waals surface area contributed by atoms with E-state index in [0.717, 1.165) is 99.2 Å². The number of amides is 1. The van der Waals surface area contributed by atoms with Gasteiger partial charge in [0, 0.05) is 98.3 Å².